The molecular weight excluding hydrogens is 310 g/mol. The lowest BCUT2D eigenvalue weighted by molar-refractivity contribution is -0.134. The molecular formula is C22H21NO2. The summed E-state index contributed by atoms with van der Waals surface area (Å²) in [7, 11) is 1.39. The Kier molecular flexibility index (Phi) is 4.14. The van der Waals surface area contributed by atoms with E-state index in [9.17, 15) is 4.79 Å². The number of benzene rings is 2. The van der Waals surface area contributed by atoms with E-state index >= 15 is 0 Å². The number of nitrogens with zero attached hydrogens (tertiary/aromatic N) is 1. The number of hydrogen-bond donors (Lipinski definition) is 0. The topological polar surface area (TPSA) is 29.5 Å². The van der Waals surface area contributed by atoms with E-state index in [2.05, 4.69) is 64.3 Å². The summed E-state index contributed by atoms with van der Waals surface area (Å²) < 4.78 is 4.67. The standard InChI is InChI=1S/C22H21NO2/c1-25-22(24)13-9-16-8-12-21-19(14-16)11-10-18-4-2-3-5-20(18)23(21)15-17-6-7-17/h2-5,8-14,17H,6-7,15H2,1H3. The lowest BCUT2D eigenvalue weighted by Crippen LogP contribution is -2.21. The maximum atomic E-state index is 11.3. The minimum Gasteiger partial charge on any atom is -0.466 e. The van der Waals surface area contributed by atoms with Gasteiger partial charge in [-0.3, -0.25) is 0 Å². The highest BCUT2D eigenvalue weighted by atomic mass is 16.5. The molecule has 1 heterocycles. The molecule has 1 fully saturated rings. The minimum absolute atomic E-state index is 0.340. The van der Waals surface area contributed by atoms with Crippen molar-refractivity contribution in [3.63, 3.8) is 0 Å². The Bertz CT molecular complexity index is 862. The van der Waals surface area contributed by atoms with Gasteiger partial charge in [-0.2, -0.15) is 0 Å². The quantitative estimate of drug-likeness (QED) is 0.589. The molecule has 3 nitrogen and oxygen atoms in total. The van der Waals surface area contributed by atoms with E-state index in [1.54, 1.807) is 6.08 Å². The van der Waals surface area contributed by atoms with Gasteiger partial charge in [0.2, 0.25) is 0 Å². The molecule has 1 aliphatic heterocycles. The Hall–Kier alpha value is -2.81. The highest BCUT2D eigenvalue weighted by Crippen LogP contribution is 2.40. The highest BCUT2D eigenvalue weighted by Gasteiger charge is 2.27. The lowest BCUT2D eigenvalue weighted by Gasteiger charge is -2.27. The molecule has 3 heteroatoms. The fourth-order valence-corrected chi connectivity index (χ4v) is 3.23. The molecule has 1 aliphatic carbocycles. The summed E-state index contributed by atoms with van der Waals surface area (Å²) in [5.41, 5.74) is 5.89. The zero-order valence-corrected chi connectivity index (χ0v) is 14.3. The van der Waals surface area contributed by atoms with E-state index in [1.165, 1.54) is 48.5 Å². The average molecular weight is 331 g/mol. The number of anilines is 2. The van der Waals surface area contributed by atoms with Crippen LogP contribution in [0.2, 0.25) is 0 Å². The lowest BCUT2D eigenvalue weighted by atomic mass is 10.1. The first kappa shape index (κ1) is 15.7. The fraction of sp³-hybridized carbons (Fsp3) is 0.227. The van der Waals surface area contributed by atoms with E-state index in [1.807, 2.05) is 0 Å². The zero-order valence-electron chi connectivity index (χ0n) is 14.3. The summed E-state index contributed by atoms with van der Waals surface area (Å²) in [4.78, 5) is 13.8. The van der Waals surface area contributed by atoms with Gasteiger partial charge >= 0.3 is 5.97 Å². The summed E-state index contributed by atoms with van der Waals surface area (Å²) >= 11 is 0. The van der Waals surface area contributed by atoms with E-state index in [-0.39, 0.29) is 5.97 Å². The van der Waals surface area contributed by atoms with Crippen LogP contribution in [0.5, 0.6) is 0 Å². The number of para-hydroxylation sites is 1. The number of hydrogen-bond acceptors (Lipinski definition) is 3. The number of ether oxygens (including phenoxy) is 1. The van der Waals surface area contributed by atoms with Gasteiger partial charge in [-0.15, -0.1) is 0 Å². The van der Waals surface area contributed by atoms with E-state index in [0.29, 0.717) is 0 Å². The molecule has 0 radical (unpaired) electrons. The second-order valence-corrected chi connectivity index (χ2v) is 6.62. The third-order valence-electron chi connectivity index (χ3n) is 4.76. The Labute approximate surface area is 148 Å². The van der Waals surface area contributed by atoms with Crippen LogP contribution in [0.4, 0.5) is 11.4 Å². The van der Waals surface area contributed by atoms with Crippen LogP contribution in [0.25, 0.3) is 18.2 Å². The number of rotatable bonds is 4. The molecule has 0 bridgehead atoms. The van der Waals surface area contributed by atoms with Gasteiger partial charge in [0.1, 0.15) is 0 Å². The predicted molar refractivity (Wildman–Crippen MR) is 103 cm³/mol. The Balaban J connectivity index is 1.74. The van der Waals surface area contributed by atoms with Crippen molar-refractivity contribution in [2.45, 2.75) is 12.8 Å². The van der Waals surface area contributed by atoms with Gasteiger partial charge in [-0.05, 0) is 59.7 Å². The van der Waals surface area contributed by atoms with Crippen molar-refractivity contribution < 1.29 is 9.53 Å². The molecule has 2 aromatic carbocycles. The molecule has 0 saturated heterocycles. The first-order valence-electron chi connectivity index (χ1n) is 8.69. The molecule has 0 atom stereocenters. The summed E-state index contributed by atoms with van der Waals surface area (Å²) in [6.45, 7) is 1.06. The highest BCUT2D eigenvalue weighted by molar-refractivity contribution is 5.91. The number of fused-ring (bicyclic) bond motifs is 2. The van der Waals surface area contributed by atoms with Crippen molar-refractivity contribution >= 4 is 35.6 Å². The Morgan fingerprint density at radius 3 is 2.68 bits per heavy atom. The number of esters is 1. The van der Waals surface area contributed by atoms with Gasteiger partial charge in [0.25, 0.3) is 0 Å². The van der Waals surface area contributed by atoms with Crippen molar-refractivity contribution in [2.75, 3.05) is 18.6 Å². The monoisotopic (exact) mass is 331 g/mol. The van der Waals surface area contributed by atoms with Crippen LogP contribution < -0.4 is 4.90 Å². The van der Waals surface area contributed by atoms with Crippen LogP contribution in [-0.4, -0.2) is 19.6 Å². The number of carbonyl (C=O) groups excluding carboxylic acids is 1. The van der Waals surface area contributed by atoms with Gasteiger partial charge in [0, 0.05) is 24.0 Å². The Morgan fingerprint density at radius 1 is 1.12 bits per heavy atom. The first-order valence-corrected chi connectivity index (χ1v) is 8.69. The number of methoxy groups -OCH3 is 1. The number of carbonyl (C=O) groups is 1. The zero-order chi connectivity index (χ0) is 17.2. The molecule has 0 aromatic heterocycles. The van der Waals surface area contributed by atoms with Gasteiger partial charge in [-0.25, -0.2) is 4.79 Å². The van der Waals surface area contributed by atoms with Crippen molar-refractivity contribution in [3.05, 3.63) is 65.2 Å². The molecule has 0 amide bonds. The third-order valence-corrected chi connectivity index (χ3v) is 4.76. The van der Waals surface area contributed by atoms with Gasteiger partial charge < -0.3 is 9.64 Å². The Morgan fingerprint density at radius 2 is 1.88 bits per heavy atom. The molecule has 25 heavy (non-hydrogen) atoms. The maximum absolute atomic E-state index is 11.3. The molecule has 0 spiro atoms. The van der Waals surface area contributed by atoms with E-state index in [4.69, 9.17) is 0 Å². The summed E-state index contributed by atoms with van der Waals surface area (Å²) in [6.07, 6.45) is 10.2. The predicted octanol–water partition coefficient (Wildman–Crippen LogP) is 4.90. The minimum atomic E-state index is -0.340. The van der Waals surface area contributed by atoms with Crippen LogP contribution >= 0.6 is 0 Å². The summed E-state index contributed by atoms with van der Waals surface area (Å²) in [5, 5.41) is 0. The second kappa shape index (κ2) is 6.60. The molecule has 126 valence electrons. The first-order chi connectivity index (χ1) is 12.2. The normalized spacial score (nSPS) is 15.6. The van der Waals surface area contributed by atoms with Crippen LogP contribution in [0, 0.1) is 5.92 Å². The summed E-state index contributed by atoms with van der Waals surface area (Å²) in [6, 6.07) is 14.9. The van der Waals surface area contributed by atoms with Gasteiger partial charge in [-0.1, -0.05) is 36.4 Å². The van der Waals surface area contributed by atoms with Gasteiger partial charge in [0.15, 0.2) is 0 Å². The SMILES string of the molecule is COC(=O)C=Cc1ccc2c(c1)C=Cc1ccccc1N2CC1CC1. The molecule has 0 N–H and O–H groups in total. The molecule has 0 unspecified atom stereocenters. The second-order valence-electron chi connectivity index (χ2n) is 6.62. The van der Waals surface area contributed by atoms with Crippen LogP contribution in [0.1, 0.15) is 29.5 Å². The molecule has 2 aliphatic rings. The third kappa shape index (κ3) is 3.36. The van der Waals surface area contributed by atoms with Crippen molar-refractivity contribution in [1.29, 1.82) is 0 Å². The van der Waals surface area contributed by atoms with Crippen molar-refractivity contribution in [3.8, 4) is 0 Å². The largest absolute Gasteiger partial charge is 0.466 e. The van der Waals surface area contributed by atoms with Gasteiger partial charge in [0.05, 0.1) is 7.11 Å². The van der Waals surface area contributed by atoms with Crippen molar-refractivity contribution in [2.24, 2.45) is 5.92 Å². The van der Waals surface area contributed by atoms with Crippen LogP contribution in [-0.2, 0) is 9.53 Å². The summed E-state index contributed by atoms with van der Waals surface area (Å²) in [5.74, 6) is 0.450. The molecule has 2 aromatic rings. The van der Waals surface area contributed by atoms with Crippen LogP contribution in [0.3, 0.4) is 0 Å². The van der Waals surface area contributed by atoms with E-state index in [0.717, 1.165) is 18.0 Å². The maximum Gasteiger partial charge on any atom is 0.330 e. The van der Waals surface area contributed by atoms with Crippen LogP contribution in [0.15, 0.2) is 48.5 Å². The van der Waals surface area contributed by atoms with Crippen molar-refractivity contribution in [1.82, 2.24) is 0 Å². The smallest absolute Gasteiger partial charge is 0.330 e. The van der Waals surface area contributed by atoms with E-state index < -0.39 is 0 Å². The molecule has 4 rings (SSSR count). The average Bonchev–Trinajstić information content (AvgIpc) is 3.48. The fourth-order valence-electron chi connectivity index (χ4n) is 3.23. The molecule has 1 saturated carbocycles.